The molecule has 1 unspecified atom stereocenters. The lowest BCUT2D eigenvalue weighted by Crippen LogP contribution is -2.48. The minimum Gasteiger partial charge on any atom is -0.481 e. The molecule has 1 fully saturated rings. The third-order valence-electron chi connectivity index (χ3n) is 4.23. The van der Waals surface area contributed by atoms with Crippen molar-refractivity contribution in [3.63, 3.8) is 0 Å². The normalized spacial score (nSPS) is 19.4. The van der Waals surface area contributed by atoms with E-state index in [-0.39, 0.29) is 12.6 Å². The van der Waals surface area contributed by atoms with Crippen LogP contribution in [0, 0.1) is 11.3 Å². The predicted molar refractivity (Wildman–Crippen MR) is 75.6 cm³/mol. The molecular weight excluding hydrogens is 260 g/mol. The quantitative estimate of drug-likeness (QED) is 0.776. The van der Waals surface area contributed by atoms with Gasteiger partial charge in [-0.2, -0.15) is 0 Å². The third kappa shape index (κ3) is 4.37. The average Bonchev–Trinajstić information content (AvgIpc) is 2.45. The molecule has 0 aliphatic carbocycles. The number of nitrogens with one attached hydrogen (secondary N) is 1. The highest BCUT2D eigenvalue weighted by molar-refractivity contribution is 5.77. The average molecular weight is 286 g/mol. The highest BCUT2D eigenvalue weighted by atomic mass is 16.5. The Morgan fingerprint density at radius 3 is 2.45 bits per heavy atom. The van der Waals surface area contributed by atoms with Crippen LogP contribution in [0.5, 0.6) is 0 Å². The molecule has 1 atom stereocenters. The molecule has 6 heteroatoms. The SMILES string of the molecule is CCC(C)(CNC(=O)N1CCC(COC)CC1)C(=O)O. The summed E-state index contributed by atoms with van der Waals surface area (Å²) in [5.41, 5.74) is -0.899. The van der Waals surface area contributed by atoms with Crippen LogP contribution in [0.15, 0.2) is 0 Å². The summed E-state index contributed by atoms with van der Waals surface area (Å²) in [6.07, 6.45) is 2.36. The molecule has 116 valence electrons. The molecule has 0 aromatic carbocycles. The number of carbonyl (C=O) groups is 2. The molecular formula is C14H26N2O4. The third-order valence-corrected chi connectivity index (χ3v) is 4.23. The van der Waals surface area contributed by atoms with E-state index in [1.165, 1.54) is 0 Å². The van der Waals surface area contributed by atoms with Crippen molar-refractivity contribution in [1.82, 2.24) is 10.2 Å². The van der Waals surface area contributed by atoms with Gasteiger partial charge in [-0.1, -0.05) is 6.92 Å². The number of piperidine rings is 1. The Balaban J connectivity index is 2.39. The number of carboxylic acids is 1. The molecule has 6 nitrogen and oxygen atoms in total. The minimum absolute atomic E-state index is 0.162. The zero-order valence-corrected chi connectivity index (χ0v) is 12.6. The molecule has 0 bridgehead atoms. The Morgan fingerprint density at radius 2 is 2.00 bits per heavy atom. The van der Waals surface area contributed by atoms with Gasteiger partial charge in [0.1, 0.15) is 0 Å². The number of urea groups is 1. The van der Waals surface area contributed by atoms with Gasteiger partial charge >= 0.3 is 12.0 Å². The van der Waals surface area contributed by atoms with Crippen LogP contribution in [0.1, 0.15) is 33.1 Å². The Labute approximate surface area is 120 Å². The second kappa shape index (κ2) is 7.47. The summed E-state index contributed by atoms with van der Waals surface area (Å²) in [5.74, 6) is -0.358. The largest absolute Gasteiger partial charge is 0.481 e. The van der Waals surface area contributed by atoms with Crippen molar-refractivity contribution in [3.8, 4) is 0 Å². The number of carbonyl (C=O) groups excluding carboxylic acids is 1. The van der Waals surface area contributed by atoms with Gasteiger partial charge < -0.3 is 20.1 Å². The Kier molecular flexibility index (Phi) is 6.26. The highest BCUT2D eigenvalue weighted by Crippen LogP contribution is 2.21. The zero-order valence-electron chi connectivity index (χ0n) is 12.6. The summed E-state index contributed by atoms with van der Waals surface area (Å²) < 4.78 is 5.13. The summed E-state index contributed by atoms with van der Waals surface area (Å²) in [6.45, 7) is 5.78. The number of hydrogen-bond acceptors (Lipinski definition) is 3. The van der Waals surface area contributed by atoms with E-state index < -0.39 is 11.4 Å². The summed E-state index contributed by atoms with van der Waals surface area (Å²) in [7, 11) is 1.69. The van der Waals surface area contributed by atoms with Crippen molar-refractivity contribution >= 4 is 12.0 Å². The van der Waals surface area contributed by atoms with Crippen molar-refractivity contribution in [3.05, 3.63) is 0 Å². The molecule has 0 saturated carbocycles. The predicted octanol–water partition coefficient (Wildman–Crippen LogP) is 1.56. The number of nitrogens with zero attached hydrogens (tertiary/aromatic N) is 1. The monoisotopic (exact) mass is 286 g/mol. The molecule has 0 radical (unpaired) electrons. The molecule has 1 saturated heterocycles. The van der Waals surface area contributed by atoms with Gasteiger partial charge in [0, 0.05) is 33.4 Å². The number of carboxylic acid groups (broad SMARTS) is 1. The molecule has 0 aromatic rings. The molecule has 1 heterocycles. The minimum atomic E-state index is -0.899. The van der Waals surface area contributed by atoms with Crippen LogP contribution < -0.4 is 5.32 Å². The molecule has 1 aliphatic rings. The van der Waals surface area contributed by atoms with Crippen LogP contribution in [0.2, 0.25) is 0 Å². The van der Waals surface area contributed by atoms with Gasteiger partial charge in [-0.3, -0.25) is 4.79 Å². The van der Waals surface area contributed by atoms with Gasteiger partial charge in [-0.15, -0.1) is 0 Å². The number of rotatable bonds is 6. The van der Waals surface area contributed by atoms with Crippen LogP contribution in [-0.4, -0.2) is 55.4 Å². The fraction of sp³-hybridized carbons (Fsp3) is 0.857. The number of methoxy groups -OCH3 is 1. The zero-order chi connectivity index (χ0) is 15.2. The second-order valence-electron chi connectivity index (χ2n) is 5.76. The Hall–Kier alpha value is -1.30. The lowest BCUT2D eigenvalue weighted by Gasteiger charge is -2.33. The summed E-state index contributed by atoms with van der Waals surface area (Å²) in [6, 6.07) is -0.165. The van der Waals surface area contributed by atoms with E-state index in [4.69, 9.17) is 4.74 Å². The first-order valence-electron chi connectivity index (χ1n) is 7.18. The molecule has 1 rings (SSSR count). The van der Waals surface area contributed by atoms with Crippen molar-refractivity contribution < 1.29 is 19.4 Å². The fourth-order valence-corrected chi connectivity index (χ4v) is 2.27. The van der Waals surface area contributed by atoms with Crippen LogP contribution in [0.25, 0.3) is 0 Å². The molecule has 2 amide bonds. The summed E-state index contributed by atoms with van der Waals surface area (Å²) in [4.78, 5) is 25.0. The van der Waals surface area contributed by atoms with E-state index in [0.717, 1.165) is 19.4 Å². The van der Waals surface area contributed by atoms with E-state index in [1.807, 2.05) is 6.92 Å². The van der Waals surface area contributed by atoms with Gasteiger partial charge in [0.15, 0.2) is 0 Å². The Morgan fingerprint density at radius 1 is 1.40 bits per heavy atom. The van der Waals surface area contributed by atoms with Gasteiger partial charge in [0.2, 0.25) is 0 Å². The second-order valence-corrected chi connectivity index (χ2v) is 5.76. The molecule has 0 spiro atoms. The van der Waals surface area contributed by atoms with E-state index in [2.05, 4.69) is 5.32 Å². The standard InChI is InChI=1S/C14H26N2O4/c1-4-14(2,12(17)18)10-15-13(19)16-7-5-11(6-8-16)9-20-3/h11H,4-10H2,1-3H3,(H,15,19)(H,17,18). The number of hydrogen-bond donors (Lipinski definition) is 2. The smallest absolute Gasteiger partial charge is 0.317 e. The molecule has 0 aromatic heterocycles. The first kappa shape index (κ1) is 16.8. The van der Waals surface area contributed by atoms with Crippen LogP contribution in [0.3, 0.4) is 0 Å². The van der Waals surface area contributed by atoms with Crippen molar-refractivity contribution in [2.45, 2.75) is 33.1 Å². The summed E-state index contributed by atoms with van der Waals surface area (Å²) >= 11 is 0. The van der Waals surface area contributed by atoms with Gasteiger partial charge in [-0.25, -0.2) is 4.79 Å². The highest BCUT2D eigenvalue weighted by Gasteiger charge is 2.32. The van der Waals surface area contributed by atoms with Crippen LogP contribution in [-0.2, 0) is 9.53 Å². The van der Waals surface area contributed by atoms with Crippen molar-refractivity contribution in [2.24, 2.45) is 11.3 Å². The molecule has 1 aliphatic heterocycles. The maximum Gasteiger partial charge on any atom is 0.317 e. The maximum absolute atomic E-state index is 12.0. The van der Waals surface area contributed by atoms with Crippen LogP contribution >= 0.6 is 0 Å². The fourth-order valence-electron chi connectivity index (χ4n) is 2.27. The van der Waals surface area contributed by atoms with Crippen molar-refractivity contribution in [1.29, 1.82) is 0 Å². The Bertz CT molecular complexity index is 340. The number of amides is 2. The molecule has 20 heavy (non-hydrogen) atoms. The van der Waals surface area contributed by atoms with E-state index in [1.54, 1.807) is 18.9 Å². The number of likely N-dealkylation sites (tertiary alicyclic amines) is 1. The van der Waals surface area contributed by atoms with Gasteiger partial charge in [-0.05, 0) is 32.1 Å². The number of aliphatic carboxylic acids is 1. The maximum atomic E-state index is 12.0. The van der Waals surface area contributed by atoms with E-state index >= 15 is 0 Å². The topological polar surface area (TPSA) is 78.9 Å². The molecule has 2 N–H and O–H groups in total. The van der Waals surface area contributed by atoms with Gasteiger partial charge in [0.25, 0.3) is 0 Å². The van der Waals surface area contributed by atoms with Gasteiger partial charge in [0.05, 0.1) is 5.41 Å². The lowest BCUT2D eigenvalue weighted by molar-refractivity contribution is -0.147. The first-order chi connectivity index (χ1) is 9.42. The van der Waals surface area contributed by atoms with E-state index in [0.29, 0.717) is 25.4 Å². The lowest BCUT2D eigenvalue weighted by atomic mass is 9.88. The first-order valence-corrected chi connectivity index (χ1v) is 7.18. The van der Waals surface area contributed by atoms with Crippen LogP contribution in [0.4, 0.5) is 4.79 Å². The number of ether oxygens (including phenoxy) is 1. The van der Waals surface area contributed by atoms with E-state index in [9.17, 15) is 14.7 Å². The van der Waals surface area contributed by atoms with Crippen molar-refractivity contribution in [2.75, 3.05) is 33.4 Å². The summed E-state index contributed by atoms with van der Waals surface area (Å²) in [5, 5.41) is 11.9.